The maximum Gasteiger partial charge on any atom is 0.236 e. The summed E-state index contributed by atoms with van der Waals surface area (Å²) in [7, 11) is 0. The number of amides is 1. The number of hydrogen-bond donors (Lipinski definition) is 0. The molecule has 2 atom stereocenters. The molecule has 0 radical (unpaired) electrons. The molecule has 0 bridgehead atoms. The highest BCUT2D eigenvalue weighted by Crippen LogP contribution is 2.35. The quantitative estimate of drug-likeness (QED) is 0.847. The van der Waals surface area contributed by atoms with E-state index in [1.165, 1.54) is 5.56 Å². The number of hydrogen-bond acceptors (Lipinski definition) is 3. The highest BCUT2D eigenvalue weighted by molar-refractivity contribution is 7.99. The molecule has 0 aromatic heterocycles. The van der Waals surface area contributed by atoms with E-state index in [9.17, 15) is 10.1 Å². The smallest absolute Gasteiger partial charge is 0.236 e. The minimum Gasteiger partial charge on any atom is -0.325 e. The minimum absolute atomic E-state index is 0.0975. The first kappa shape index (κ1) is 16.9. The van der Waals surface area contributed by atoms with Crippen molar-refractivity contribution >= 4 is 17.7 Å². The van der Waals surface area contributed by atoms with E-state index in [1.807, 2.05) is 25.1 Å². The summed E-state index contributed by atoms with van der Waals surface area (Å²) in [6, 6.07) is 12.2. The predicted octanol–water partition coefficient (Wildman–Crippen LogP) is 3.85. The van der Waals surface area contributed by atoms with Crippen LogP contribution in [0.3, 0.4) is 0 Å². The first-order valence-corrected chi connectivity index (χ1v) is 8.86. The second kappa shape index (κ2) is 7.19. The zero-order valence-electron chi connectivity index (χ0n) is 13.6. The monoisotopic (exact) mass is 316 g/mol. The lowest BCUT2D eigenvalue weighted by Crippen LogP contribution is -2.53. The maximum absolute atomic E-state index is 12.7. The average Bonchev–Trinajstić information content (AvgIpc) is 2.51. The third-order valence-corrected chi connectivity index (χ3v) is 5.57. The zero-order valence-corrected chi connectivity index (χ0v) is 14.4. The van der Waals surface area contributed by atoms with Gasteiger partial charge in [0.15, 0.2) is 0 Å². The summed E-state index contributed by atoms with van der Waals surface area (Å²) in [6.07, 6.45) is 1.98. The van der Waals surface area contributed by atoms with E-state index in [0.29, 0.717) is 6.54 Å². The number of nitrogens with zero attached hydrogens (tertiary/aromatic N) is 2. The van der Waals surface area contributed by atoms with Gasteiger partial charge in [0.25, 0.3) is 0 Å². The summed E-state index contributed by atoms with van der Waals surface area (Å²) in [4.78, 5) is 14.5. The number of rotatable bonds is 4. The Morgan fingerprint density at radius 1 is 1.45 bits per heavy atom. The number of thioether (sulfide) groups is 1. The van der Waals surface area contributed by atoms with E-state index in [4.69, 9.17) is 0 Å². The standard InChI is InChI=1S/C18H24N2OS/c1-14(22-13-15-8-5-4-6-9-15)17(21)20-11-7-10-18(2,3)16(20)12-19/h4-6,8-9,14,16H,7,10-11,13H2,1-3H3/t14-,16-/m0/s1. The van der Waals surface area contributed by atoms with Gasteiger partial charge in [0.1, 0.15) is 6.04 Å². The SMILES string of the molecule is C[C@H](SCc1ccccc1)C(=O)N1CCCC(C)(C)[C@@H]1C#N. The minimum atomic E-state index is -0.312. The van der Waals surface area contributed by atoms with Crippen LogP contribution in [0.5, 0.6) is 0 Å². The van der Waals surface area contributed by atoms with E-state index >= 15 is 0 Å². The molecule has 3 nitrogen and oxygen atoms in total. The van der Waals surface area contributed by atoms with Crippen LogP contribution in [0.25, 0.3) is 0 Å². The van der Waals surface area contributed by atoms with Crippen molar-refractivity contribution in [2.75, 3.05) is 6.54 Å². The van der Waals surface area contributed by atoms with Crippen molar-refractivity contribution < 1.29 is 4.79 Å². The summed E-state index contributed by atoms with van der Waals surface area (Å²) < 4.78 is 0. The number of likely N-dealkylation sites (tertiary alicyclic amines) is 1. The van der Waals surface area contributed by atoms with Crippen LogP contribution < -0.4 is 0 Å². The van der Waals surface area contributed by atoms with Crippen LogP contribution in [0.1, 0.15) is 39.2 Å². The molecule has 1 amide bonds. The Kier molecular flexibility index (Phi) is 5.52. The summed E-state index contributed by atoms with van der Waals surface area (Å²) in [5.41, 5.74) is 1.11. The fourth-order valence-corrected chi connectivity index (χ4v) is 3.89. The van der Waals surface area contributed by atoms with Crippen LogP contribution in [-0.4, -0.2) is 28.6 Å². The van der Waals surface area contributed by atoms with Crippen molar-refractivity contribution in [3.8, 4) is 6.07 Å². The average molecular weight is 316 g/mol. The Morgan fingerprint density at radius 2 is 2.14 bits per heavy atom. The molecule has 1 fully saturated rings. The van der Waals surface area contributed by atoms with Gasteiger partial charge in [-0.25, -0.2) is 0 Å². The lowest BCUT2D eigenvalue weighted by atomic mass is 9.77. The zero-order chi connectivity index (χ0) is 16.2. The van der Waals surface area contributed by atoms with Gasteiger partial charge in [0.2, 0.25) is 5.91 Å². The van der Waals surface area contributed by atoms with Gasteiger partial charge < -0.3 is 4.90 Å². The van der Waals surface area contributed by atoms with Gasteiger partial charge in [0, 0.05) is 12.3 Å². The second-order valence-corrected chi connectivity index (χ2v) is 7.92. The molecule has 1 saturated heterocycles. The van der Waals surface area contributed by atoms with E-state index in [-0.39, 0.29) is 22.6 Å². The molecule has 0 unspecified atom stereocenters. The van der Waals surface area contributed by atoms with Crippen molar-refractivity contribution in [3.63, 3.8) is 0 Å². The molecule has 118 valence electrons. The predicted molar refractivity (Wildman–Crippen MR) is 91.3 cm³/mol. The van der Waals surface area contributed by atoms with Crippen LogP contribution in [0.4, 0.5) is 0 Å². The molecule has 0 spiro atoms. The number of carbonyl (C=O) groups is 1. The van der Waals surface area contributed by atoms with Gasteiger partial charge >= 0.3 is 0 Å². The van der Waals surface area contributed by atoms with E-state index < -0.39 is 0 Å². The number of piperidine rings is 1. The third-order valence-electron chi connectivity index (χ3n) is 4.37. The molecule has 2 rings (SSSR count). The van der Waals surface area contributed by atoms with Crippen LogP contribution in [0.2, 0.25) is 0 Å². The Bertz CT molecular complexity index is 550. The molecule has 0 N–H and O–H groups in total. The fraction of sp³-hybridized carbons (Fsp3) is 0.556. The number of carbonyl (C=O) groups excluding carboxylic acids is 1. The Hall–Kier alpha value is -1.47. The Balaban J connectivity index is 1.99. The Morgan fingerprint density at radius 3 is 2.77 bits per heavy atom. The molecular formula is C18H24N2OS. The van der Waals surface area contributed by atoms with E-state index in [2.05, 4.69) is 32.0 Å². The molecule has 1 heterocycles. The first-order valence-electron chi connectivity index (χ1n) is 7.81. The highest BCUT2D eigenvalue weighted by atomic mass is 32.2. The molecule has 1 aliphatic heterocycles. The lowest BCUT2D eigenvalue weighted by Gasteiger charge is -2.43. The molecule has 1 aliphatic rings. The van der Waals surface area contributed by atoms with Gasteiger partial charge in [-0.05, 0) is 30.7 Å². The van der Waals surface area contributed by atoms with Gasteiger partial charge in [0.05, 0.1) is 11.3 Å². The van der Waals surface area contributed by atoms with Crippen molar-refractivity contribution in [1.29, 1.82) is 5.26 Å². The summed E-state index contributed by atoms with van der Waals surface area (Å²) in [6.45, 7) is 6.83. The highest BCUT2D eigenvalue weighted by Gasteiger charge is 2.41. The van der Waals surface area contributed by atoms with E-state index in [1.54, 1.807) is 16.7 Å². The topological polar surface area (TPSA) is 44.1 Å². The van der Waals surface area contributed by atoms with Crippen molar-refractivity contribution in [3.05, 3.63) is 35.9 Å². The van der Waals surface area contributed by atoms with E-state index in [0.717, 1.165) is 18.6 Å². The normalized spacial score (nSPS) is 21.9. The molecule has 4 heteroatoms. The van der Waals surface area contributed by atoms with Crippen LogP contribution in [-0.2, 0) is 10.5 Å². The molecule has 1 aromatic carbocycles. The maximum atomic E-state index is 12.7. The number of nitriles is 1. The third kappa shape index (κ3) is 3.84. The van der Waals surface area contributed by atoms with Crippen molar-refractivity contribution in [2.24, 2.45) is 5.41 Å². The molecule has 22 heavy (non-hydrogen) atoms. The second-order valence-electron chi connectivity index (χ2n) is 6.59. The van der Waals surface area contributed by atoms with Gasteiger partial charge in [-0.1, -0.05) is 44.2 Å². The largest absolute Gasteiger partial charge is 0.325 e. The molecule has 0 aliphatic carbocycles. The summed E-state index contributed by atoms with van der Waals surface area (Å²) in [5.74, 6) is 0.919. The Labute approximate surface area is 137 Å². The van der Waals surface area contributed by atoms with Crippen LogP contribution in [0, 0.1) is 16.7 Å². The van der Waals surface area contributed by atoms with Crippen molar-refractivity contribution in [2.45, 2.75) is 50.7 Å². The van der Waals surface area contributed by atoms with Gasteiger partial charge in [-0.3, -0.25) is 4.79 Å². The van der Waals surface area contributed by atoms with Crippen LogP contribution in [0.15, 0.2) is 30.3 Å². The van der Waals surface area contributed by atoms with Gasteiger partial charge in [-0.2, -0.15) is 5.26 Å². The summed E-state index contributed by atoms with van der Waals surface area (Å²) >= 11 is 1.64. The van der Waals surface area contributed by atoms with Gasteiger partial charge in [-0.15, -0.1) is 11.8 Å². The van der Waals surface area contributed by atoms with Crippen molar-refractivity contribution in [1.82, 2.24) is 4.90 Å². The number of benzene rings is 1. The van der Waals surface area contributed by atoms with Crippen LogP contribution >= 0.6 is 11.8 Å². The molecular weight excluding hydrogens is 292 g/mol. The molecule has 0 saturated carbocycles. The first-order chi connectivity index (χ1) is 10.5. The summed E-state index contributed by atoms with van der Waals surface area (Å²) in [5, 5.41) is 9.36. The fourth-order valence-electron chi connectivity index (χ4n) is 2.97. The lowest BCUT2D eigenvalue weighted by molar-refractivity contribution is -0.135. The molecule has 1 aromatic rings.